The van der Waals surface area contributed by atoms with Crippen molar-refractivity contribution in [1.82, 2.24) is 0 Å². The maximum Gasteiger partial charge on any atom is 0.335 e. The summed E-state index contributed by atoms with van der Waals surface area (Å²) in [6.07, 6.45) is -11.8. The van der Waals surface area contributed by atoms with E-state index in [9.17, 15) is 44.6 Å². The first-order valence-corrected chi connectivity index (χ1v) is 15.0. The lowest BCUT2D eigenvalue weighted by Crippen LogP contribution is -2.61. The quantitative estimate of drug-likeness (QED) is 0.137. The minimum atomic E-state index is -1.94. The number of anilines is 1. The van der Waals surface area contributed by atoms with E-state index >= 15 is 0 Å². The van der Waals surface area contributed by atoms with Crippen LogP contribution in [-0.4, -0.2) is 85.9 Å². The molecular weight excluding hydrogens is 629 g/mol. The highest BCUT2D eigenvalue weighted by Gasteiger charge is 2.52. The highest BCUT2D eigenvalue weighted by atomic mass is 19.1. The van der Waals surface area contributed by atoms with Gasteiger partial charge in [-0.1, -0.05) is 54.6 Å². The predicted octanol–water partition coefficient (Wildman–Crippen LogP) is 3.03. The summed E-state index contributed by atoms with van der Waals surface area (Å²) >= 11 is 0. The number of carbonyl (C=O) groups is 2. The number of carboxylic acid groups (broad SMARTS) is 1. The Bertz CT molecular complexity index is 1770. The predicted molar refractivity (Wildman–Crippen MR) is 166 cm³/mol. The number of amides is 1. The van der Waals surface area contributed by atoms with Gasteiger partial charge in [-0.15, -0.1) is 0 Å². The molecular formula is C35H32FNO11. The van der Waals surface area contributed by atoms with Crippen LogP contribution < -0.4 is 4.90 Å². The highest BCUT2D eigenvalue weighted by molar-refractivity contribution is 6.05. The minimum Gasteiger partial charge on any atom is -0.508 e. The number of nitrogens with zero attached hydrogens (tertiary/aromatic N) is 1. The molecule has 4 aromatic rings. The van der Waals surface area contributed by atoms with Crippen LogP contribution in [0, 0.1) is 5.82 Å². The summed E-state index contributed by atoms with van der Waals surface area (Å²) in [5.41, 5.74) is 2.48. The number of carbonyl (C=O) groups excluding carboxylic acids is 1. The molecule has 250 valence electrons. The fourth-order valence-electron chi connectivity index (χ4n) is 5.87. The molecule has 0 aromatic heterocycles. The summed E-state index contributed by atoms with van der Waals surface area (Å²) in [5.74, 6) is -2.69. The smallest absolute Gasteiger partial charge is 0.335 e. The van der Waals surface area contributed by atoms with E-state index in [4.69, 9.17) is 14.2 Å². The van der Waals surface area contributed by atoms with Gasteiger partial charge in [0.05, 0.1) is 6.61 Å². The van der Waals surface area contributed by atoms with Gasteiger partial charge in [-0.2, -0.15) is 0 Å². The van der Waals surface area contributed by atoms with Crippen LogP contribution in [0.1, 0.15) is 23.3 Å². The number of ether oxygens (including phenoxy) is 3. The molecule has 1 amide bonds. The Morgan fingerprint density at radius 2 is 1.56 bits per heavy atom. The van der Waals surface area contributed by atoms with Gasteiger partial charge in [0, 0.05) is 11.3 Å². The van der Waals surface area contributed by atoms with Crippen molar-refractivity contribution in [2.24, 2.45) is 0 Å². The topological polar surface area (TPSA) is 186 Å². The number of phenolic OH excluding ortho intramolecular Hbond substituents is 2. The lowest BCUT2D eigenvalue weighted by molar-refractivity contribution is -0.309. The van der Waals surface area contributed by atoms with E-state index < -0.39 is 73.3 Å². The Morgan fingerprint density at radius 3 is 2.23 bits per heavy atom. The number of benzene rings is 4. The molecule has 2 aliphatic rings. The second kappa shape index (κ2) is 13.7. The zero-order valence-corrected chi connectivity index (χ0v) is 25.1. The molecule has 0 bridgehead atoms. The van der Waals surface area contributed by atoms with Crippen LogP contribution in [0.2, 0.25) is 0 Å². The maximum absolute atomic E-state index is 13.8. The normalized spacial score (nSPS) is 26.1. The third-order valence-electron chi connectivity index (χ3n) is 8.39. The number of phenols is 2. The number of hydrogen-bond donors (Lipinski definition) is 6. The highest BCUT2D eigenvalue weighted by Crippen LogP contribution is 2.45. The summed E-state index contributed by atoms with van der Waals surface area (Å²) in [4.78, 5) is 26.7. The lowest BCUT2D eigenvalue weighted by Gasteiger charge is -2.47. The first kappa shape index (κ1) is 33.0. The van der Waals surface area contributed by atoms with Crippen molar-refractivity contribution in [3.63, 3.8) is 0 Å². The number of para-hydroxylation sites is 1. The second-order valence-electron chi connectivity index (χ2n) is 11.5. The van der Waals surface area contributed by atoms with E-state index in [1.165, 1.54) is 29.2 Å². The van der Waals surface area contributed by atoms with Crippen molar-refractivity contribution in [2.45, 2.75) is 49.0 Å². The molecule has 0 spiro atoms. The largest absolute Gasteiger partial charge is 0.508 e. The molecule has 2 fully saturated rings. The number of hydrogen-bond acceptors (Lipinski definition) is 10. The molecule has 8 atom stereocenters. The maximum atomic E-state index is 13.8. The van der Waals surface area contributed by atoms with E-state index in [1.54, 1.807) is 60.7 Å². The molecule has 0 saturated carbocycles. The number of aliphatic carboxylic acids is 1. The van der Waals surface area contributed by atoms with Gasteiger partial charge in [0.15, 0.2) is 18.5 Å². The van der Waals surface area contributed by atoms with Crippen molar-refractivity contribution in [1.29, 1.82) is 0 Å². The number of β-lactam (4-membered cyclic amide) rings is 1. The van der Waals surface area contributed by atoms with Crippen molar-refractivity contribution in [2.75, 3.05) is 11.5 Å². The summed E-state index contributed by atoms with van der Waals surface area (Å²) in [7, 11) is 0. The Morgan fingerprint density at radius 1 is 0.854 bits per heavy atom. The molecule has 2 saturated heterocycles. The average molecular weight is 662 g/mol. The van der Waals surface area contributed by atoms with E-state index in [1.807, 2.05) is 0 Å². The first-order valence-electron chi connectivity index (χ1n) is 15.0. The van der Waals surface area contributed by atoms with E-state index in [-0.39, 0.29) is 11.5 Å². The molecule has 48 heavy (non-hydrogen) atoms. The second-order valence-corrected chi connectivity index (χ2v) is 11.5. The molecule has 6 rings (SSSR count). The molecule has 0 aliphatic carbocycles. The van der Waals surface area contributed by atoms with Gasteiger partial charge in [0.25, 0.3) is 5.91 Å². The molecule has 2 aliphatic heterocycles. The zero-order valence-electron chi connectivity index (χ0n) is 25.1. The Hall–Kier alpha value is -4.89. The number of carboxylic acids is 1. The van der Waals surface area contributed by atoms with Crippen molar-refractivity contribution in [3.05, 3.63) is 114 Å². The molecule has 2 unspecified atom stereocenters. The fraction of sp³-hybridized carbons (Fsp3) is 0.257. The molecule has 2 heterocycles. The van der Waals surface area contributed by atoms with Gasteiger partial charge in [0.1, 0.15) is 47.8 Å². The number of aromatic hydroxyl groups is 2. The van der Waals surface area contributed by atoms with Gasteiger partial charge in [-0.3, -0.25) is 9.69 Å². The Balaban J connectivity index is 1.29. The van der Waals surface area contributed by atoms with E-state index in [0.29, 0.717) is 27.9 Å². The zero-order chi connectivity index (χ0) is 34.1. The molecule has 4 aromatic carbocycles. The van der Waals surface area contributed by atoms with Crippen molar-refractivity contribution >= 4 is 17.6 Å². The van der Waals surface area contributed by atoms with Crippen LogP contribution in [0.5, 0.6) is 11.5 Å². The SMILES string of the molecule is O=C(O)C1O[C@@H](O[C@@H](CO[C@H]2C(=O)N(c3ccccc3)[C@@H]2c2ccc(-c3cccc(O)c3)cc2O)c2ccc(F)cc2)C(O)[C@@H](O)[C@H]1O. The minimum absolute atomic E-state index is 0.0533. The van der Waals surface area contributed by atoms with Gasteiger partial charge < -0.3 is 44.8 Å². The number of aliphatic hydroxyl groups excluding tert-OH is 3. The summed E-state index contributed by atoms with van der Waals surface area (Å²) in [6.45, 7) is -0.397. The number of halogens is 1. The van der Waals surface area contributed by atoms with Gasteiger partial charge >= 0.3 is 5.97 Å². The monoisotopic (exact) mass is 661 g/mol. The van der Waals surface area contributed by atoms with Crippen LogP contribution in [0.15, 0.2) is 97.1 Å². The van der Waals surface area contributed by atoms with Gasteiger partial charge in [-0.05, 0) is 59.2 Å². The van der Waals surface area contributed by atoms with Crippen LogP contribution in [0.25, 0.3) is 11.1 Å². The van der Waals surface area contributed by atoms with Crippen LogP contribution in [0.4, 0.5) is 10.1 Å². The molecule has 6 N–H and O–H groups in total. The third kappa shape index (κ3) is 6.47. The van der Waals surface area contributed by atoms with E-state index in [0.717, 1.165) is 12.1 Å². The third-order valence-corrected chi connectivity index (χ3v) is 8.39. The van der Waals surface area contributed by atoms with Crippen LogP contribution in [0.3, 0.4) is 0 Å². The first-order chi connectivity index (χ1) is 23.0. The Labute approximate surface area is 273 Å². The molecule has 13 heteroatoms. The number of rotatable bonds is 10. The summed E-state index contributed by atoms with van der Waals surface area (Å²) in [5, 5.41) is 61.5. The van der Waals surface area contributed by atoms with Gasteiger partial charge in [-0.25, -0.2) is 9.18 Å². The summed E-state index contributed by atoms with van der Waals surface area (Å²) < 4.78 is 31.1. The van der Waals surface area contributed by atoms with E-state index in [2.05, 4.69) is 0 Å². The average Bonchev–Trinajstić information content (AvgIpc) is 3.07. The summed E-state index contributed by atoms with van der Waals surface area (Å²) in [6, 6.07) is 24.3. The standard InChI is InChI=1S/C35H32FNO11/c36-21-12-9-18(10-13-21)26(47-35-30(42)28(40)29(41)32(48-35)34(44)45)17-46-31-27(37(33(31)43)22-6-2-1-3-7-22)24-14-11-20(16-25(24)39)19-5-4-8-23(38)15-19/h1-16,26-32,35,38-42H,17H2,(H,44,45)/t26-,27+,28-,29+,30?,31+,32?,35+/m0/s1. The van der Waals surface area contributed by atoms with Crippen LogP contribution in [-0.2, 0) is 23.8 Å². The van der Waals surface area contributed by atoms with Crippen LogP contribution >= 0.6 is 0 Å². The number of aliphatic hydroxyl groups is 3. The van der Waals surface area contributed by atoms with Gasteiger partial charge in [0.2, 0.25) is 0 Å². The Kier molecular flexibility index (Phi) is 9.42. The molecule has 12 nitrogen and oxygen atoms in total. The fourth-order valence-corrected chi connectivity index (χ4v) is 5.87. The van der Waals surface area contributed by atoms with Crippen molar-refractivity contribution in [3.8, 4) is 22.6 Å². The lowest BCUT2D eigenvalue weighted by atomic mass is 9.88. The molecule has 0 radical (unpaired) electrons. The van der Waals surface area contributed by atoms with Crippen molar-refractivity contribution < 1.29 is 58.8 Å².